The Kier molecular flexibility index (Phi) is 3.17. The average Bonchev–Trinajstić information content (AvgIpc) is 2.21. The van der Waals surface area contributed by atoms with Crippen LogP contribution in [-0.2, 0) is 4.79 Å². The molecule has 4 nitrogen and oxygen atoms in total. The predicted molar refractivity (Wildman–Crippen MR) is 67.3 cm³/mol. The summed E-state index contributed by atoms with van der Waals surface area (Å²) in [6.07, 6.45) is 0.657. The van der Waals surface area contributed by atoms with E-state index >= 15 is 0 Å². The van der Waals surface area contributed by atoms with Gasteiger partial charge in [-0.2, -0.15) is 0 Å². The number of aliphatic hydroxyl groups is 1. The number of halogens is 2. The zero-order chi connectivity index (χ0) is 12.6. The number of rotatable bonds is 1. The van der Waals surface area contributed by atoms with Crippen LogP contribution in [0.25, 0.3) is 0 Å². The molecule has 0 saturated heterocycles. The smallest absolute Gasteiger partial charge is 0.250 e. The number of amides is 1. The number of carbonyl (C=O) groups is 1. The van der Waals surface area contributed by atoms with Crippen LogP contribution < -0.4 is 10.2 Å². The molecule has 0 aliphatic carbocycles. The molecule has 1 aromatic rings. The van der Waals surface area contributed by atoms with Crippen molar-refractivity contribution in [2.75, 3.05) is 4.90 Å². The summed E-state index contributed by atoms with van der Waals surface area (Å²) in [5.74, 6) is -0.536. The summed E-state index contributed by atoms with van der Waals surface area (Å²) in [7, 11) is 0. The van der Waals surface area contributed by atoms with Crippen LogP contribution in [0, 0.1) is 0 Å². The summed E-state index contributed by atoms with van der Waals surface area (Å²) in [4.78, 5) is 12.7. The van der Waals surface area contributed by atoms with Crippen molar-refractivity contribution in [1.82, 2.24) is 5.32 Å². The number of aliphatic hydroxyl groups excluding tert-OH is 1. The van der Waals surface area contributed by atoms with Gasteiger partial charge in [-0.15, -0.1) is 0 Å². The normalized spacial score (nSPS) is 19.9. The van der Waals surface area contributed by atoms with Gasteiger partial charge in [-0.25, -0.2) is 0 Å². The van der Waals surface area contributed by atoms with E-state index in [0.717, 1.165) is 6.08 Å². The highest BCUT2D eigenvalue weighted by Gasteiger charge is 2.28. The third-order valence-electron chi connectivity index (χ3n) is 2.42. The average molecular weight is 273 g/mol. The van der Waals surface area contributed by atoms with E-state index in [4.69, 9.17) is 23.2 Å². The molecule has 17 heavy (non-hydrogen) atoms. The maximum Gasteiger partial charge on any atom is 0.250 e. The van der Waals surface area contributed by atoms with Gasteiger partial charge in [0.2, 0.25) is 0 Å². The van der Waals surface area contributed by atoms with Gasteiger partial charge in [0.15, 0.2) is 5.88 Å². The molecule has 1 atom stereocenters. The van der Waals surface area contributed by atoms with Gasteiger partial charge in [-0.1, -0.05) is 29.3 Å². The molecule has 1 amide bonds. The zero-order valence-electron chi connectivity index (χ0n) is 8.95. The van der Waals surface area contributed by atoms with Crippen molar-refractivity contribution in [1.29, 1.82) is 0 Å². The van der Waals surface area contributed by atoms with Crippen molar-refractivity contribution < 1.29 is 9.90 Å². The summed E-state index contributed by atoms with van der Waals surface area (Å²) in [6.45, 7) is 1.72. The van der Waals surface area contributed by atoms with Gasteiger partial charge in [0.25, 0.3) is 5.91 Å². The molecular weight excluding hydrogens is 263 g/mol. The molecule has 1 aliphatic heterocycles. The Morgan fingerprint density at radius 2 is 1.94 bits per heavy atom. The van der Waals surface area contributed by atoms with E-state index < -0.39 is 6.17 Å². The first kappa shape index (κ1) is 12.1. The third kappa shape index (κ3) is 2.18. The van der Waals surface area contributed by atoms with E-state index in [9.17, 15) is 9.90 Å². The minimum absolute atomic E-state index is 0.184. The fourth-order valence-electron chi connectivity index (χ4n) is 1.72. The van der Waals surface area contributed by atoms with Crippen LogP contribution in [0.3, 0.4) is 0 Å². The largest absolute Gasteiger partial charge is 0.494 e. The number of anilines is 1. The highest BCUT2D eigenvalue weighted by atomic mass is 35.5. The molecule has 0 spiro atoms. The second-order valence-corrected chi connectivity index (χ2v) is 4.44. The zero-order valence-corrected chi connectivity index (χ0v) is 10.5. The van der Waals surface area contributed by atoms with Crippen LogP contribution in [0.1, 0.15) is 6.92 Å². The molecule has 1 heterocycles. The van der Waals surface area contributed by atoms with Crippen molar-refractivity contribution in [2.45, 2.75) is 13.1 Å². The van der Waals surface area contributed by atoms with Gasteiger partial charge >= 0.3 is 0 Å². The minimum atomic E-state index is -0.426. The predicted octanol–water partition coefficient (Wildman–Crippen LogP) is 2.68. The Balaban J connectivity index is 2.53. The topological polar surface area (TPSA) is 52.6 Å². The minimum Gasteiger partial charge on any atom is -0.494 e. The molecule has 1 unspecified atom stereocenters. The van der Waals surface area contributed by atoms with E-state index in [0.29, 0.717) is 15.7 Å². The third-order valence-corrected chi connectivity index (χ3v) is 3.03. The molecule has 1 aromatic carbocycles. The number of carbonyl (C=O) groups excluding carboxylic acids is 1. The standard InChI is InChI=1S/C11H10Cl2N2O2/c1-6-14-9(16)5-10(17)15(6)11-7(12)3-2-4-8(11)13/h2-6,17H,1H3,(H,14,16). The molecule has 2 N–H and O–H groups in total. The van der Waals surface area contributed by atoms with Crippen molar-refractivity contribution in [3.8, 4) is 0 Å². The van der Waals surface area contributed by atoms with Gasteiger partial charge in [0.1, 0.15) is 6.17 Å². The maximum atomic E-state index is 11.2. The number of benzene rings is 1. The summed E-state index contributed by atoms with van der Waals surface area (Å²) < 4.78 is 0. The molecule has 0 radical (unpaired) electrons. The molecule has 2 rings (SSSR count). The van der Waals surface area contributed by atoms with Crippen LogP contribution in [-0.4, -0.2) is 17.2 Å². The molecule has 1 aliphatic rings. The summed E-state index contributed by atoms with van der Waals surface area (Å²) in [5, 5.41) is 13.3. The van der Waals surface area contributed by atoms with Crippen molar-refractivity contribution in [2.24, 2.45) is 0 Å². The second kappa shape index (κ2) is 4.47. The van der Waals surface area contributed by atoms with Crippen molar-refractivity contribution >= 4 is 34.8 Å². The van der Waals surface area contributed by atoms with Gasteiger partial charge in [-0.05, 0) is 19.1 Å². The van der Waals surface area contributed by atoms with E-state index in [1.165, 1.54) is 4.90 Å². The van der Waals surface area contributed by atoms with E-state index in [1.54, 1.807) is 25.1 Å². The quantitative estimate of drug-likeness (QED) is 0.827. The van der Waals surface area contributed by atoms with Gasteiger partial charge in [0, 0.05) is 0 Å². The molecule has 0 aromatic heterocycles. The SMILES string of the molecule is CC1NC(=O)C=C(O)N1c1c(Cl)cccc1Cl. The fraction of sp³-hybridized carbons (Fsp3) is 0.182. The Bertz CT molecular complexity index is 482. The molecule has 0 bridgehead atoms. The first-order chi connectivity index (χ1) is 8.00. The number of nitrogens with zero attached hydrogens (tertiary/aromatic N) is 1. The first-order valence-corrected chi connectivity index (χ1v) is 5.70. The lowest BCUT2D eigenvalue weighted by molar-refractivity contribution is -0.117. The Morgan fingerprint density at radius 1 is 1.35 bits per heavy atom. The monoisotopic (exact) mass is 272 g/mol. The van der Waals surface area contributed by atoms with Gasteiger partial charge in [-0.3, -0.25) is 9.69 Å². The van der Waals surface area contributed by atoms with Crippen LogP contribution in [0.2, 0.25) is 10.0 Å². The number of para-hydroxylation sites is 1. The Labute approximate surface area is 108 Å². The lowest BCUT2D eigenvalue weighted by Crippen LogP contribution is -2.49. The Hall–Kier alpha value is -1.39. The highest BCUT2D eigenvalue weighted by Crippen LogP contribution is 2.36. The molecule has 6 heteroatoms. The molecule has 0 fully saturated rings. The first-order valence-electron chi connectivity index (χ1n) is 4.95. The molecule has 0 saturated carbocycles. The van der Waals surface area contributed by atoms with Crippen LogP contribution in [0.5, 0.6) is 0 Å². The molecular formula is C11H10Cl2N2O2. The maximum absolute atomic E-state index is 11.2. The van der Waals surface area contributed by atoms with Crippen LogP contribution in [0.15, 0.2) is 30.2 Å². The van der Waals surface area contributed by atoms with Crippen LogP contribution in [0.4, 0.5) is 5.69 Å². The Morgan fingerprint density at radius 3 is 2.47 bits per heavy atom. The van der Waals surface area contributed by atoms with Gasteiger partial charge < -0.3 is 10.4 Å². The van der Waals surface area contributed by atoms with Crippen LogP contribution >= 0.6 is 23.2 Å². The van der Waals surface area contributed by atoms with Gasteiger partial charge in [0.05, 0.1) is 21.8 Å². The highest BCUT2D eigenvalue weighted by molar-refractivity contribution is 6.39. The summed E-state index contributed by atoms with van der Waals surface area (Å²) in [6, 6.07) is 5.04. The van der Waals surface area contributed by atoms with E-state index in [2.05, 4.69) is 5.32 Å². The van der Waals surface area contributed by atoms with Crippen molar-refractivity contribution in [3.05, 3.63) is 40.2 Å². The lowest BCUT2D eigenvalue weighted by atomic mass is 10.2. The molecule has 90 valence electrons. The summed E-state index contributed by atoms with van der Waals surface area (Å²) in [5.41, 5.74) is 0.470. The van der Waals surface area contributed by atoms with E-state index in [1.807, 2.05) is 0 Å². The lowest BCUT2D eigenvalue weighted by Gasteiger charge is -2.34. The number of hydrogen-bond acceptors (Lipinski definition) is 3. The summed E-state index contributed by atoms with van der Waals surface area (Å²) >= 11 is 12.1. The number of nitrogens with one attached hydrogen (secondary N) is 1. The van der Waals surface area contributed by atoms with E-state index in [-0.39, 0.29) is 11.8 Å². The van der Waals surface area contributed by atoms with Crippen molar-refractivity contribution in [3.63, 3.8) is 0 Å². The fourth-order valence-corrected chi connectivity index (χ4v) is 2.30. The second-order valence-electron chi connectivity index (χ2n) is 3.63. The number of hydrogen-bond donors (Lipinski definition) is 2.